The van der Waals surface area contributed by atoms with Gasteiger partial charge in [0.2, 0.25) is 15.9 Å². The zero-order chi connectivity index (χ0) is 19.2. The van der Waals surface area contributed by atoms with Gasteiger partial charge in [-0.2, -0.15) is 0 Å². The van der Waals surface area contributed by atoms with E-state index in [0.717, 1.165) is 43.7 Å². The highest BCUT2D eigenvalue weighted by molar-refractivity contribution is 7.89. The van der Waals surface area contributed by atoms with Crippen LogP contribution in [0.4, 0.5) is 13.2 Å². The van der Waals surface area contributed by atoms with E-state index in [2.05, 4.69) is 20.1 Å². The van der Waals surface area contributed by atoms with E-state index in [1.54, 1.807) is 0 Å². The van der Waals surface area contributed by atoms with Crippen molar-refractivity contribution in [3.8, 4) is 5.75 Å². The number of hydrogen-bond donors (Lipinski definition) is 3. The molecule has 1 atom stereocenters. The first-order valence-corrected chi connectivity index (χ1v) is 9.49. The Morgan fingerprint density at radius 1 is 1.27 bits per heavy atom. The molecule has 0 saturated carbocycles. The summed E-state index contributed by atoms with van der Waals surface area (Å²) in [4.78, 5) is 11.6. The van der Waals surface area contributed by atoms with E-state index in [9.17, 15) is 26.4 Å². The van der Waals surface area contributed by atoms with Crippen LogP contribution >= 0.6 is 0 Å². The summed E-state index contributed by atoms with van der Waals surface area (Å²) in [6, 6.07) is 3.85. The fraction of sp³-hybridized carbons (Fsp3) is 0.533. The summed E-state index contributed by atoms with van der Waals surface area (Å²) in [5.41, 5.74) is 0. The average Bonchev–Trinajstić information content (AvgIpc) is 2.54. The van der Waals surface area contributed by atoms with Gasteiger partial charge in [-0.1, -0.05) is 0 Å². The lowest BCUT2D eigenvalue weighted by Crippen LogP contribution is -2.46. The Labute approximate surface area is 149 Å². The highest BCUT2D eigenvalue weighted by atomic mass is 32.2. The normalized spacial score (nSPS) is 18.3. The number of hydrogen-bond acceptors (Lipinski definition) is 5. The third-order valence-corrected chi connectivity index (χ3v) is 5.15. The molecule has 0 aromatic heterocycles. The van der Waals surface area contributed by atoms with Gasteiger partial charge in [0, 0.05) is 25.6 Å². The SMILES string of the molecule is O=C(CCNS(=O)(=O)c1ccc(OC(F)(F)F)cc1)NC1CCCNC1. The molecule has 1 heterocycles. The molecule has 1 aliphatic rings. The molecule has 0 radical (unpaired) electrons. The van der Waals surface area contributed by atoms with Crippen LogP contribution in [-0.4, -0.2) is 46.4 Å². The molecule has 146 valence electrons. The Morgan fingerprint density at radius 3 is 2.54 bits per heavy atom. The van der Waals surface area contributed by atoms with Crippen LogP contribution in [0.15, 0.2) is 29.2 Å². The van der Waals surface area contributed by atoms with E-state index in [4.69, 9.17) is 0 Å². The molecule has 3 N–H and O–H groups in total. The molecule has 1 aromatic carbocycles. The van der Waals surface area contributed by atoms with Crippen LogP contribution in [-0.2, 0) is 14.8 Å². The number of alkyl halides is 3. The van der Waals surface area contributed by atoms with Crippen LogP contribution in [0.1, 0.15) is 19.3 Å². The molecule has 1 amide bonds. The van der Waals surface area contributed by atoms with E-state index < -0.39 is 22.1 Å². The first kappa shape index (κ1) is 20.5. The molecule has 0 spiro atoms. The van der Waals surface area contributed by atoms with Gasteiger partial charge in [0.1, 0.15) is 5.75 Å². The van der Waals surface area contributed by atoms with Gasteiger partial charge in [-0.05, 0) is 43.7 Å². The summed E-state index contributed by atoms with van der Waals surface area (Å²) in [6.45, 7) is 1.48. The van der Waals surface area contributed by atoms with Gasteiger partial charge < -0.3 is 15.4 Å². The molecule has 1 saturated heterocycles. The van der Waals surface area contributed by atoms with Crippen molar-refractivity contribution < 1.29 is 31.1 Å². The molecule has 11 heteroatoms. The Bertz CT molecular complexity index is 702. The maximum absolute atomic E-state index is 12.1. The van der Waals surface area contributed by atoms with Crippen LogP contribution in [0.25, 0.3) is 0 Å². The monoisotopic (exact) mass is 395 g/mol. The third kappa shape index (κ3) is 6.81. The van der Waals surface area contributed by atoms with Crippen molar-refractivity contribution in [1.29, 1.82) is 0 Å². The molecule has 0 aliphatic carbocycles. The second-order valence-corrected chi connectivity index (χ2v) is 7.54. The van der Waals surface area contributed by atoms with Crippen LogP contribution in [0.5, 0.6) is 5.75 Å². The van der Waals surface area contributed by atoms with Crippen molar-refractivity contribution in [2.75, 3.05) is 19.6 Å². The van der Waals surface area contributed by atoms with Crippen molar-refractivity contribution in [3.05, 3.63) is 24.3 Å². The van der Waals surface area contributed by atoms with E-state index >= 15 is 0 Å². The van der Waals surface area contributed by atoms with Gasteiger partial charge in [0.25, 0.3) is 0 Å². The van der Waals surface area contributed by atoms with Gasteiger partial charge in [0.15, 0.2) is 0 Å². The van der Waals surface area contributed by atoms with Crippen LogP contribution < -0.4 is 20.1 Å². The predicted octanol–water partition coefficient (Wildman–Crippen LogP) is 1.12. The minimum Gasteiger partial charge on any atom is -0.406 e. The number of halogens is 3. The second kappa shape index (κ2) is 8.69. The number of rotatable bonds is 7. The Hall–Kier alpha value is -1.85. The number of sulfonamides is 1. The van der Waals surface area contributed by atoms with Crippen molar-refractivity contribution >= 4 is 15.9 Å². The van der Waals surface area contributed by atoms with Crippen LogP contribution in [0.2, 0.25) is 0 Å². The van der Waals surface area contributed by atoms with E-state index in [1.807, 2.05) is 0 Å². The molecule has 1 unspecified atom stereocenters. The van der Waals surface area contributed by atoms with Crippen molar-refractivity contribution in [2.24, 2.45) is 0 Å². The number of carbonyl (C=O) groups is 1. The fourth-order valence-electron chi connectivity index (χ4n) is 2.48. The minimum atomic E-state index is -4.85. The summed E-state index contributed by atoms with van der Waals surface area (Å²) in [5, 5.41) is 5.97. The summed E-state index contributed by atoms with van der Waals surface area (Å²) >= 11 is 0. The van der Waals surface area contributed by atoms with Gasteiger partial charge in [0.05, 0.1) is 4.90 Å². The number of benzene rings is 1. The van der Waals surface area contributed by atoms with E-state index in [1.165, 1.54) is 0 Å². The smallest absolute Gasteiger partial charge is 0.406 e. The summed E-state index contributed by atoms with van der Waals surface area (Å²) in [5.74, 6) is -0.785. The van der Waals surface area contributed by atoms with Gasteiger partial charge in [-0.15, -0.1) is 13.2 Å². The Kier molecular flexibility index (Phi) is 6.84. The molecule has 1 aliphatic heterocycles. The molecule has 1 fully saturated rings. The maximum atomic E-state index is 12.1. The van der Waals surface area contributed by atoms with E-state index in [0.29, 0.717) is 6.54 Å². The standard InChI is InChI=1S/C15H20F3N3O4S/c16-15(17,18)25-12-3-5-13(6-4-12)26(23,24)20-9-7-14(22)21-11-2-1-8-19-10-11/h3-6,11,19-20H,1-2,7-10H2,(H,21,22). The lowest BCUT2D eigenvalue weighted by Gasteiger charge is -2.23. The topological polar surface area (TPSA) is 96.5 Å². The highest BCUT2D eigenvalue weighted by Gasteiger charge is 2.31. The third-order valence-electron chi connectivity index (χ3n) is 3.67. The van der Waals surface area contributed by atoms with Gasteiger partial charge >= 0.3 is 6.36 Å². The lowest BCUT2D eigenvalue weighted by atomic mass is 10.1. The van der Waals surface area contributed by atoms with Gasteiger partial charge in [-0.25, -0.2) is 13.1 Å². The van der Waals surface area contributed by atoms with Crippen molar-refractivity contribution in [3.63, 3.8) is 0 Å². The molecule has 0 bridgehead atoms. The Balaban J connectivity index is 1.81. The van der Waals surface area contributed by atoms with E-state index in [-0.39, 0.29) is 29.8 Å². The van der Waals surface area contributed by atoms with Crippen LogP contribution in [0.3, 0.4) is 0 Å². The van der Waals surface area contributed by atoms with Crippen molar-refractivity contribution in [2.45, 2.75) is 36.6 Å². The van der Waals surface area contributed by atoms with Gasteiger partial charge in [-0.3, -0.25) is 4.79 Å². The zero-order valence-corrected chi connectivity index (χ0v) is 14.6. The average molecular weight is 395 g/mol. The summed E-state index contributed by atoms with van der Waals surface area (Å²) < 4.78 is 66.4. The highest BCUT2D eigenvalue weighted by Crippen LogP contribution is 2.23. The first-order valence-electron chi connectivity index (χ1n) is 8.01. The largest absolute Gasteiger partial charge is 0.573 e. The molecule has 2 rings (SSSR count). The van der Waals surface area contributed by atoms with Crippen molar-refractivity contribution in [1.82, 2.24) is 15.4 Å². The number of ether oxygens (including phenoxy) is 1. The number of amides is 1. The number of carbonyl (C=O) groups excluding carboxylic acids is 1. The lowest BCUT2D eigenvalue weighted by molar-refractivity contribution is -0.274. The molecule has 26 heavy (non-hydrogen) atoms. The summed E-state index contributed by atoms with van der Waals surface area (Å²) in [6.07, 6.45) is -3.05. The second-order valence-electron chi connectivity index (χ2n) is 5.78. The number of piperidine rings is 1. The zero-order valence-electron chi connectivity index (χ0n) is 13.8. The van der Waals surface area contributed by atoms with Crippen LogP contribution in [0, 0.1) is 0 Å². The molecule has 1 aromatic rings. The Morgan fingerprint density at radius 2 is 1.96 bits per heavy atom. The quantitative estimate of drug-likeness (QED) is 0.643. The molecular formula is C15H20F3N3O4S. The maximum Gasteiger partial charge on any atom is 0.573 e. The minimum absolute atomic E-state index is 0.0361. The number of nitrogens with one attached hydrogen (secondary N) is 3. The first-order chi connectivity index (χ1) is 12.2. The fourth-order valence-corrected chi connectivity index (χ4v) is 3.51. The molecular weight excluding hydrogens is 375 g/mol. The molecule has 7 nitrogen and oxygen atoms in total. The predicted molar refractivity (Wildman–Crippen MR) is 87.0 cm³/mol. The summed E-state index contributed by atoms with van der Waals surface area (Å²) in [7, 11) is -3.93.